The fourth-order valence-corrected chi connectivity index (χ4v) is 2.36. The summed E-state index contributed by atoms with van der Waals surface area (Å²) in [6, 6.07) is 19.3. The maximum Gasteiger partial charge on any atom is 0.216 e. The van der Waals surface area contributed by atoms with Crippen molar-refractivity contribution in [3.63, 3.8) is 0 Å². The fraction of sp³-hybridized carbons (Fsp3) is 0.278. The molecule has 114 valence electrons. The predicted octanol–water partition coefficient (Wildman–Crippen LogP) is 3.12. The first-order chi connectivity index (χ1) is 10.7. The van der Waals surface area contributed by atoms with Crippen LogP contribution in [0.25, 0.3) is 0 Å². The normalized spacial score (nSPS) is 25.9. The summed E-state index contributed by atoms with van der Waals surface area (Å²) < 4.78 is 12.4. The Bertz CT molecular complexity index is 632. The van der Waals surface area contributed by atoms with Gasteiger partial charge in [-0.1, -0.05) is 48.5 Å². The summed E-state index contributed by atoms with van der Waals surface area (Å²) in [5, 5.41) is 12.4. The average Bonchev–Trinajstić information content (AvgIpc) is 2.57. The van der Waals surface area contributed by atoms with E-state index in [-0.39, 0.29) is 0 Å². The molecule has 0 N–H and O–H groups in total. The Morgan fingerprint density at radius 3 is 2.14 bits per heavy atom. The molecule has 0 bridgehead atoms. The first kappa shape index (κ1) is 14.8. The summed E-state index contributed by atoms with van der Waals surface area (Å²) in [5.41, 5.74) is 1.11. The van der Waals surface area contributed by atoms with Crippen molar-refractivity contribution >= 4 is 6.21 Å². The third kappa shape index (κ3) is 3.18. The molecule has 4 nitrogen and oxygen atoms in total. The predicted molar refractivity (Wildman–Crippen MR) is 84.7 cm³/mol. The summed E-state index contributed by atoms with van der Waals surface area (Å²) in [6.07, 6.45) is 1.18. The highest BCUT2D eigenvalue weighted by Crippen LogP contribution is 2.28. The van der Waals surface area contributed by atoms with E-state index >= 15 is 0 Å². The number of hydrogen-bond donors (Lipinski definition) is 0. The van der Waals surface area contributed by atoms with Gasteiger partial charge in [0.1, 0.15) is 13.2 Å². The molecule has 0 aliphatic carbocycles. The first-order valence-corrected chi connectivity index (χ1v) is 7.32. The maximum atomic E-state index is 12.4. The smallest absolute Gasteiger partial charge is 0.216 e. The van der Waals surface area contributed by atoms with E-state index in [1.54, 1.807) is 6.21 Å². The molecule has 0 radical (unpaired) electrons. The number of rotatable bonds is 3. The quantitative estimate of drug-likeness (QED) is 0.378. The van der Waals surface area contributed by atoms with E-state index in [0.717, 1.165) is 15.9 Å². The van der Waals surface area contributed by atoms with Gasteiger partial charge in [-0.3, -0.25) is 0 Å². The molecule has 0 atom stereocenters. The Kier molecular flexibility index (Phi) is 4.22. The Morgan fingerprint density at radius 1 is 1.00 bits per heavy atom. The fourth-order valence-electron chi connectivity index (χ4n) is 2.36. The highest BCUT2D eigenvalue weighted by Gasteiger charge is 2.40. The minimum Gasteiger partial charge on any atom is -0.623 e. The lowest BCUT2D eigenvalue weighted by atomic mass is 10.0. The highest BCUT2D eigenvalue weighted by atomic mass is 16.7. The van der Waals surface area contributed by atoms with Crippen LogP contribution in [0.5, 0.6) is 0 Å². The summed E-state index contributed by atoms with van der Waals surface area (Å²) in [4.78, 5) is 0. The summed E-state index contributed by atoms with van der Waals surface area (Å²) >= 11 is 0. The van der Waals surface area contributed by atoms with E-state index in [9.17, 15) is 5.21 Å². The Balaban J connectivity index is 1.70. The van der Waals surface area contributed by atoms with E-state index < -0.39 is 11.8 Å². The van der Waals surface area contributed by atoms with Crippen LogP contribution in [0.3, 0.4) is 0 Å². The lowest BCUT2D eigenvalue weighted by Gasteiger charge is -2.35. The molecule has 4 heteroatoms. The van der Waals surface area contributed by atoms with Crippen LogP contribution in [0.2, 0.25) is 0 Å². The van der Waals surface area contributed by atoms with E-state index in [1.807, 2.05) is 67.6 Å². The van der Waals surface area contributed by atoms with Gasteiger partial charge in [0.15, 0.2) is 12.5 Å². The zero-order valence-electron chi connectivity index (χ0n) is 12.5. The lowest BCUT2D eigenvalue weighted by molar-refractivity contribution is -0.565. The van der Waals surface area contributed by atoms with Gasteiger partial charge in [-0.15, -0.1) is 0 Å². The molecule has 0 unspecified atom stereocenters. The summed E-state index contributed by atoms with van der Waals surface area (Å²) in [7, 11) is 0. The average molecular weight is 297 g/mol. The van der Waals surface area contributed by atoms with E-state index in [4.69, 9.17) is 9.47 Å². The molecule has 1 fully saturated rings. The third-order valence-electron chi connectivity index (χ3n) is 3.76. The molecule has 3 rings (SSSR count). The monoisotopic (exact) mass is 297 g/mol. The second kappa shape index (κ2) is 6.30. The number of hydroxylamine groups is 1. The molecule has 0 spiro atoms. The molecule has 1 saturated heterocycles. The molecular weight excluding hydrogens is 278 g/mol. The second-order valence-corrected chi connectivity index (χ2v) is 5.73. The molecular formula is C18H19NO3. The van der Waals surface area contributed by atoms with Crippen molar-refractivity contribution in [3.8, 4) is 0 Å². The standard InChI is InChI=1S/C18H19NO3/c1-18(19(20)12-15-8-4-2-5-9-15)13-21-17(22-14-18)16-10-6-3-7-11-16/h2-12,17H,13-14H2,1H3/b19-12-. The molecule has 2 aromatic rings. The van der Waals surface area contributed by atoms with Crippen molar-refractivity contribution in [1.82, 2.24) is 0 Å². The molecule has 0 saturated carbocycles. The van der Waals surface area contributed by atoms with Gasteiger partial charge in [-0.25, -0.2) is 4.74 Å². The van der Waals surface area contributed by atoms with Crippen molar-refractivity contribution < 1.29 is 14.2 Å². The van der Waals surface area contributed by atoms with Crippen LogP contribution in [-0.2, 0) is 9.47 Å². The molecule has 0 aromatic heterocycles. The Labute approximate surface area is 130 Å². The van der Waals surface area contributed by atoms with Crippen molar-refractivity contribution in [1.29, 1.82) is 0 Å². The van der Waals surface area contributed by atoms with Crippen molar-refractivity contribution in [2.45, 2.75) is 18.8 Å². The van der Waals surface area contributed by atoms with Crippen LogP contribution < -0.4 is 0 Å². The number of nitrogens with zero attached hydrogens (tertiary/aromatic N) is 1. The lowest BCUT2D eigenvalue weighted by Crippen LogP contribution is -2.49. The number of hydrogen-bond acceptors (Lipinski definition) is 3. The summed E-state index contributed by atoms with van der Waals surface area (Å²) in [5.74, 6) is 0. The summed E-state index contributed by atoms with van der Waals surface area (Å²) in [6.45, 7) is 2.49. The van der Waals surface area contributed by atoms with Gasteiger partial charge in [0.25, 0.3) is 0 Å². The van der Waals surface area contributed by atoms with Gasteiger partial charge < -0.3 is 14.7 Å². The van der Waals surface area contributed by atoms with Crippen LogP contribution in [0.4, 0.5) is 0 Å². The number of ether oxygens (including phenoxy) is 2. The van der Waals surface area contributed by atoms with E-state index in [2.05, 4.69) is 0 Å². The van der Waals surface area contributed by atoms with Gasteiger partial charge >= 0.3 is 0 Å². The highest BCUT2D eigenvalue weighted by molar-refractivity contribution is 5.75. The molecule has 1 heterocycles. The van der Waals surface area contributed by atoms with Gasteiger partial charge in [0, 0.05) is 18.1 Å². The van der Waals surface area contributed by atoms with Crippen LogP contribution in [-0.4, -0.2) is 29.7 Å². The molecule has 22 heavy (non-hydrogen) atoms. The molecule has 2 aromatic carbocycles. The van der Waals surface area contributed by atoms with Crippen LogP contribution in [0, 0.1) is 5.21 Å². The molecule has 0 amide bonds. The minimum absolute atomic E-state index is 0.319. The zero-order chi connectivity index (χ0) is 15.4. The van der Waals surface area contributed by atoms with Crippen LogP contribution >= 0.6 is 0 Å². The Morgan fingerprint density at radius 2 is 1.55 bits per heavy atom. The third-order valence-corrected chi connectivity index (χ3v) is 3.76. The van der Waals surface area contributed by atoms with Crippen molar-refractivity contribution in [2.75, 3.05) is 13.2 Å². The first-order valence-electron chi connectivity index (χ1n) is 7.32. The largest absolute Gasteiger partial charge is 0.623 e. The molecule has 1 aliphatic rings. The van der Waals surface area contributed by atoms with Crippen molar-refractivity contribution in [3.05, 3.63) is 77.0 Å². The number of benzene rings is 2. The zero-order valence-corrected chi connectivity index (χ0v) is 12.5. The van der Waals surface area contributed by atoms with E-state index in [0.29, 0.717) is 13.2 Å². The van der Waals surface area contributed by atoms with Crippen LogP contribution in [0.15, 0.2) is 60.7 Å². The van der Waals surface area contributed by atoms with Crippen molar-refractivity contribution in [2.24, 2.45) is 0 Å². The topological polar surface area (TPSA) is 44.5 Å². The second-order valence-electron chi connectivity index (χ2n) is 5.73. The Hall–Kier alpha value is -2.17. The molecule has 1 aliphatic heterocycles. The SMILES string of the molecule is CC1(/[N+]([O-])=C/c2ccccc2)COC(c2ccccc2)OC1. The van der Waals surface area contributed by atoms with Gasteiger partial charge in [-0.2, -0.15) is 0 Å². The van der Waals surface area contributed by atoms with Gasteiger partial charge in [0.05, 0.1) is 0 Å². The van der Waals surface area contributed by atoms with E-state index in [1.165, 1.54) is 0 Å². The maximum absolute atomic E-state index is 12.4. The van der Waals surface area contributed by atoms with Crippen LogP contribution in [0.1, 0.15) is 24.3 Å². The van der Waals surface area contributed by atoms with Gasteiger partial charge in [-0.05, 0) is 12.1 Å². The minimum atomic E-state index is -0.721. The van der Waals surface area contributed by atoms with Gasteiger partial charge in [0.2, 0.25) is 5.54 Å².